The Balaban J connectivity index is 1.79. The Labute approximate surface area is 164 Å². The Bertz CT molecular complexity index is 858. The van der Waals surface area contributed by atoms with Crippen molar-refractivity contribution in [3.63, 3.8) is 0 Å². The standard InChI is InChI=1S/C16H15BrCl2N2O3S/c17-11-2-5-13(6-3-11)25(23,24)9-1-8-20-16(22)21-12-4-7-14(18)15(19)10-12/h2-7,10H,1,8-9H2,(H2,20,21,22). The van der Waals surface area contributed by atoms with Crippen molar-refractivity contribution < 1.29 is 13.2 Å². The summed E-state index contributed by atoms with van der Waals surface area (Å²) in [6, 6.07) is 10.7. The van der Waals surface area contributed by atoms with Gasteiger partial charge >= 0.3 is 6.03 Å². The van der Waals surface area contributed by atoms with Crippen LogP contribution in [0, 0.1) is 0 Å². The minimum atomic E-state index is -3.37. The predicted octanol–water partition coefficient (Wildman–Crippen LogP) is 4.74. The molecule has 0 heterocycles. The fourth-order valence-corrected chi connectivity index (χ4v) is 3.85. The molecule has 2 N–H and O–H groups in total. The van der Waals surface area contributed by atoms with E-state index in [-0.39, 0.29) is 17.2 Å². The van der Waals surface area contributed by atoms with Gasteiger partial charge in [-0.2, -0.15) is 0 Å². The second-order valence-electron chi connectivity index (χ2n) is 5.14. The lowest BCUT2D eigenvalue weighted by molar-refractivity contribution is 0.252. The van der Waals surface area contributed by atoms with Gasteiger partial charge in [0.05, 0.1) is 20.7 Å². The van der Waals surface area contributed by atoms with E-state index in [0.717, 1.165) is 4.47 Å². The van der Waals surface area contributed by atoms with E-state index in [2.05, 4.69) is 26.6 Å². The van der Waals surface area contributed by atoms with Gasteiger partial charge < -0.3 is 10.6 Å². The molecule has 0 spiro atoms. The van der Waals surface area contributed by atoms with Crippen LogP contribution in [-0.2, 0) is 9.84 Å². The van der Waals surface area contributed by atoms with Crippen LogP contribution in [0.3, 0.4) is 0 Å². The molecule has 0 aliphatic carbocycles. The molecule has 2 aromatic rings. The molecule has 2 aromatic carbocycles. The molecule has 0 fully saturated rings. The van der Waals surface area contributed by atoms with Gasteiger partial charge in [-0.25, -0.2) is 13.2 Å². The molecule has 0 atom stereocenters. The van der Waals surface area contributed by atoms with Gasteiger partial charge in [-0.05, 0) is 48.9 Å². The number of hydrogen-bond donors (Lipinski definition) is 2. The lowest BCUT2D eigenvalue weighted by Crippen LogP contribution is -2.30. The molecule has 9 heteroatoms. The van der Waals surface area contributed by atoms with Crippen LogP contribution >= 0.6 is 39.1 Å². The van der Waals surface area contributed by atoms with Crippen molar-refractivity contribution in [1.82, 2.24) is 5.32 Å². The van der Waals surface area contributed by atoms with Gasteiger partial charge in [-0.1, -0.05) is 39.1 Å². The lowest BCUT2D eigenvalue weighted by Gasteiger charge is -2.09. The summed E-state index contributed by atoms with van der Waals surface area (Å²) in [6.45, 7) is 0.225. The van der Waals surface area contributed by atoms with E-state index in [9.17, 15) is 13.2 Å². The Morgan fingerprint density at radius 3 is 2.36 bits per heavy atom. The summed E-state index contributed by atoms with van der Waals surface area (Å²) in [7, 11) is -3.37. The molecule has 2 rings (SSSR count). The number of anilines is 1. The number of nitrogens with one attached hydrogen (secondary N) is 2. The van der Waals surface area contributed by atoms with Crippen LogP contribution < -0.4 is 10.6 Å². The molecule has 134 valence electrons. The van der Waals surface area contributed by atoms with Crippen molar-refractivity contribution in [1.29, 1.82) is 0 Å². The molecule has 0 aromatic heterocycles. The van der Waals surface area contributed by atoms with Gasteiger partial charge in [0, 0.05) is 16.7 Å². The van der Waals surface area contributed by atoms with E-state index in [4.69, 9.17) is 23.2 Å². The summed E-state index contributed by atoms with van der Waals surface area (Å²) in [5, 5.41) is 5.93. The Hall–Kier alpha value is -1.28. The number of carbonyl (C=O) groups is 1. The van der Waals surface area contributed by atoms with Gasteiger partial charge in [0.15, 0.2) is 9.84 Å². The molecule has 0 aliphatic heterocycles. The average molecular weight is 466 g/mol. The molecule has 2 amide bonds. The summed E-state index contributed by atoms with van der Waals surface area (Å²) in [5.74, 6) is -0.0539. The van der Waals surface area contributed by atoms with Crippen molar-refractivity contribution in [2.24, 2.45) is 0 Å². The van der Waals surface area contributed by atoms with Gasteiger partial charge in [0.25, 0.3) is 0 Å². The summed E-state index contributed by atoms with van der Waals surface area (Å²) in [5.41, 5.74) is 0.495. The number of urea groups is 1. The molecule has 5 nitrogen and oxygen atoms in total. The van der Waals surface area contributed by atoms with Crippen molar-refractivity contribution in [2.45, 2.75) is 11.3 Å². The highest BCUT2D eigenvalue weighted by Gasteiger charge is 2.14. The van der Waals surface area contributed by atoms with Crippen LogP contribution in [0.25, 0.3) is 0 Å². The third-order valence-corrected chi connectivity index (χ3v) is 6.31. The van der Waals surface area contributed by atoms with Crippen LogP contribution in [0.5, 0.6) is 0 Å². The highest BCUT2D eigenvalue weighted by molar-refractivity contribution is 9.10. The number of hydrogen-bond acceptors (Lipinski definition) is 3. The zero-order chi connectivity index (χ0) is 18.4. The fourth-order valence-electron chi connectivity index (χ4n) is 1.97. The molecular formula is C16H15BrCl2N2O3S. The maximum absolute atomic E-state index is 12.2. The Morgan fingerprint density at radius 1 is 1.04 bits per heavy atom. The molecule has 25 heavy (non-hydrogen) atoms. The van der Waals surface area contributed by atoms with Crippen LogP contribution in [0.1, 0.15) is 6.42 Å². The van der Waals surface area contributed by atoms with Crippen LogP contribution in [0.2, 0.25) is 10.0 Å². The van der Waals surface area contributed by atoms with Crippen molar-refractivity contribution in [2.75, 3.05) is 17.6 Å². The van der Waals surface area contributed by atoms with Gasteiger partial charge in [0.2, 0.25) is 0 Å². The number of carbonyl (C=O) groups excluding carboxylic acids is 1. The first-order chi connectivity index (χ1) is 11.8. The third-order valence-electron chi connectivity index (χ3n) is 3.23. The lowest BCUT2D eigenvalue weighted by atomic mass is 10.3. The summed E-state index contributed by atoms with van der Waals surface area (Å²) < 4.78 is 25.2. The monoisotopic (exact) mass is 464 g/mol. The van der Waals surface area contributed by atoms with Crippen LogP contribution in [-0.4, -0.2) is 26.7 Å². The largest absolute Gasteiger partial charge is 0.338 e. The minimum Gasteiger partial charge on any atom is -0.338 e. The molecule has 0 bridgehead atoms. The van der Waals surface area contributed by atoms with Gasteiger partial charge in [-0.15, -0.1) is 0 Å². The van der Waals surface area contributed by atoms with E-state index in [1.54, 1.807) is 36.4 Å². The number of amides is 2. The number of sulfone groups is 1. The van der Waals surface area contributed by atoms with Crippen molar-refractivity contribution >= 4 is 60.7 Å². The Morgan fingerprint density at radius 2 is 1.72 bits per heavy atom. The summed E-state index contributed by atoms with van der Waals surface area (Å²) in [6.07, 6.45) is 0.299. The van der Waals surface area contributed by atoms with Crippen LogP contribution in [0.4, 0.5) is 10.5 Å². The SMILES string of the molecule is O=C(NCCCS(=O)(=O)c1ccc(Br)cc1)Nc1ccc(Cl)c(Cl)c1. The van der Waals surface area contributed by atoms with Crippen molar-refractivity contribution in [3.05, 3.63) is 57.0 Å². The second-order valence-corrected chi connectivity index (χ2v) is 8.98. The van der Waals surface area contributed by atoms with E-state index in [0.29, 0.717) is 22.2 Å². The quantitative estimate of drug-likeness (QED) is 0.605. The number of benzene rings is 2. The normalized spacial score (nSPS) is 11.2. The van der Waals surface area contributed by atoms with Gasteiger partial charge in [-0.3, -0.25) is 0 Å². The number of rotatable bonds is 6. The van der Waals surface area contributed by atoms with E-state index >= 15 is 0 Å². The van der Waals surface area contributed by atoms with E-state index < -0.39 is 15.9 Å². The first-order valence-corrected chi connectivity index (χ1v) is 10.5. The smallest absolute Gasteiger partial charge is 0.319 e. The summed E-state index contributed by atoms with van der Waals surface area (Å²) >= 11 is 14.9. The Kier molecular flexibility index (Phi) is 7.13. The highest BCUT2D eigenvalue weighted by Crippen LogP contribution is 2.24. The first-order valence-electron chi connectivity index (χ1n) is 7.26. The molecule has 0 unspecified atom stereocenters. The topological polar surface area (TPSA) is 75.3 Å². The fraction of sp³-hybridized carbons (Fsp3) is 0.188. The number of halogens is 3. The molecule has 0 aliphatic rings. The zero-order valence-corrected chi connectivity index (χ0v) is 16.8. The second kappa shape index (κ2) is 8.89. The molecule has 0 saturated carbocycles. The summed E-state index contributed by atoms with van der Waals surface area (Å²) in [4.78, 5) is 12.0. The van der Waals surface area contributed by atoms with E-state index in [1.807, 2.05) is 0 Å². The molecule has 0 radical (unpaired) electrons. The van der Waals surface area contributed by atoms with Gasteiger partial charge in [0.1, 0.15) is 0 Å². The molecule has 0 saturated heterocycles. The zero-order valence-electron chi connectivity index (χ0n) is 12.9. The highest BCUT2D eigenvalue weighted by atomic mass is 79.9. The van der Waals surface area contributed by atoms with Crippen LogP contribution in [0.15, 0.2) is 51.8 Å². The molecular weight excluding hydrogens is 451 g/mol. The van der Waals surface area contributed by atoms with Crippen molar-refractivity contribution in [3.8, 4) is 0 Å². The third kappa shape index (κ3) is 6.18. The average Bonchev–Trinajstić information content (AvgIpc) is 2.55. The maximum atomic E-state index is 12.2. The minimum absolute atomic E-state index is 0.0539. The maximum Gasteiger partial charge on any atom is 0.319 e. The first kappa shape index (κ1) is 20.0. The van der Waals surface area contributed by atoms with E-state index in [1.165, 1.54) is 6.07 Å². The predicted molar refractivity (Wildman–Crippen MR) is 104 cm³/mol.